The van der Waals surface area contributed by atoms with Gasteiger partial charge in [-0.15, -0.1) is 0 Å². The first-order valence-corrected chi connectivity index (χ1v) is 41.2. The van der Waals surface area contributed by atoms with Gasteiger partial charge in [0.25, 0.3) is 0 Å². The monoisotopic (exact) mass is 1510 g/mol. The van der Waals surface area contributed by atoms with Crippen molar-refractivity contribution in [3.8, 4) is 34.5 Å². The molecule has 0 aromatic heterocycles. The van der Waals surface area contributed by atoms with Gasteiger partial charge in [0.15, 0.2) is 0 Å². The van der Waals surface area contributed by atoms with Crippen LogP contribution in [0.15, 0.2) is 255 Å². The van der Waals surface area contributed by atoms with Crippen molar-refractivity contribution < 1.29 is 28.4 Å². The van der Waals surface area contributed by atoms with Crippen LogP contribution in [0.4, 0.5) is 0 Å². The van der Waals surface area contributed by atoms with E-state index in [4.69, 9.17) is 28.4 Å². The van der Waals surface area contributed by atoms with E-state index in [-0.39, 0.29) is 32.5 Å². The Morgan fingerprint density at radius 2 is 0.272 bits per heavy atom. The van der Waals surface area contributed by atoms with E-state index in [1.54, 1.807) is 0 Å². The average molecular weight is 1510 g/mol. The van der Waals surface area contributed by atoms with Gasteiger partial charge in [-0.1, -0.05) is 379 Å². The van der Waals surface area contributed by atoms with Crippen LogP contribution in [0.2, 0.25) is 0 Å². The van der Waals surface area contributed by atoms with E-state index in [2.05, 4.69) is 379 Å². The molecule has 12 aromatic carbocycles. The maximum Gasteiger partial charge on any atom is 0.126 e. The van der Waals surface area contributed by atoms with Gasteiger partial charge in [-0.2, -0.15) is 0 Å². The molecule has 0 heterocycles. The van der Waals surface area contributed by atoms with Crippen molar-refractivity contribution >= 4 is 0 Å². The Kier molecular flexibility index (Phi) is 24.5. The highest BCUT2D eigenvalue weighted by molar-refractivity contribution is 5.62. The Bertz CT molecular complexity index is 4270. The predicted molar refractivity (Wildman–Crippen MR) is 472 cm³/mol. The number of benzene rings is 12. The molecule has 6 heteroatoms. The van der Waals surface area contributed by atoms with E-state index in [9.17, 15) is 0 Å². The van der Waals surface area contributed by atoms with Crippen molar-refractivity contribution in [1.82, 2.24) is 0 Å². The maximum atomic E-state index is 7.63. The van der Waals surface area contributed by atoms with Gasteiger partial charge in [-0.25, -0.2) is 0 Å². The van der Waals surface area contributed by atoms with E-state index >= 15 is 0 Å². The average Bonchev–Trinajstić information content (AvgIpc) is 0.766. The van der Waals surface area contributed by atoms with E-state index in [1.165, 1.54) is 33.4 Å². The molecule has 0 radical (unpaired) electrons. The molecule has 0 amide bonds. The second-order valence-electron chi connectivity index (χ2n) is 37.9. The SMILES string of the molecule is CC(C)(C)c1cc2c(OCc3ccccc3)c(c1)Cc1cc(C(C)(C)C)cc(c1OCc1ccccc1)Cc1cc(C(C)(C)C)cc(c1OCc1ccccc1)Cc1cc(C(C)(C)C)cc(c1OCc1ccccc1)Cc1cc(C(C)(C)C)cc(c1OCc1ccccc1)Cc1cc(C(C)(C)C)cc(c1OCc1ccccc1)C2. The molecule has 114 heavy (non-hydrogen) atoms. The lowest BCUT2D eigenvalue weighted by Crippen LogP contribution is -2.17. The highest BCUT2D eigenvalue weighted by atomic mass is 16.5. The Balaban J connectivity index is 1.17. The zero-order chi connectivity index (χ0) is 80.7. The number of hydrogen-bond donors (Lipinski definition) is 0. The minimum atomic E-state index is -0.276. The first-order valence-electron chi connectivity index (χ1n) is 41.2. The molecule has 0 spiro atoms. The van der Waals surface area contributed by atoms with Crippen molar-refractivity contribution in [3.05, 3.63) is 388 Å². The molecule has 0 N–H and O–H groups in total. The molecule has 13 rings (SSSR count). The summed E-state index contributed by atoms with van der Waals surface area (Å²) in [6.07, 6.45) is 3.05. The van der Waals surface area contributed by atoms with Gasteiger partial charge < -0.3 is 28.4 Å². The smallest absolute Gasteiger partial charge is 0.126 e. The Labute approximate surface area is 682 Å². The lowest BCUT2D eigenvalue weighted by atomic mass is 9.79. The zero-order valence-corrected chi connectivity index (χ0v) is 71.2. The van der Waals surface area contributed by atoms with E-state index in [1.807, 2.05) is 0 Å². The fraction of sp³-hybridized carbons (Fsp3) is 0.333. The second-order valence-corrected chi connectivity index (χ2v) is 37.9. The van der Waals surface area contributed by atoms with Gasteiger partial charge in [0.2, 0.25) is 0 Å². The lowest BCUT2D eigenvalue weighted by Gasteiger charge is -2.29. The van der Waals surface area contributed by atoms with Crippen molar-refractivity contribution in [3.63, 3.8) is 0 Å². The minimum Gasteiger partial charge on any atom is -0.488 e. The Morgan fingerprint density at radius 1 is 0.167 bits per heavy atom. The summed E-state index contributed by atoms with van der Waals surface area (Å²) >= 11 is 0. The fourth-order valence-corrected chi connectivity index (χ4v) is 15.4. The van der Waals surface area contributed by atoms with Crippen LogP contribution in [0.25, 0.3) is 0 Å². The zero-order valence-electron chi connectivity index (χ0n) is 71.2. The van der Waals surface area contributed by atoms with Gasteiger partial charge in [0, 0.05) is 38.5 Å². The Hall–Kier alpha value is -10.6. The summed E-state index contributed by atoms with van der Waals surface area (Å²) < 4.78 is 45.8. The first kappa shape index (κ1) is 81.5. The second kappa shape index (κ2) is 34.2. The largest absolute Gasteiger partial charge is 0.488 e. The van der Waals surface area contributed by atoms with Crippen LogP contribution in [0, 0.1) is 0 Å². The molecule has 0 aliphatic heterocycles. The van der Waals surface area contributed by atoms with Gasteiger partial charge in [-0.3, -0.25) is 0 Å². The number of fused-ring (bicyclic) bond motifs is 12. The van der Waals surface area contributed by atoms with Gasteiger partial charge >= 0.3 is 0 Å². The topological polar surface area (TPSA) is 55.4 Å². The van der Waals surface area contributed by atoms with Crippen molar-refractivity contribution in [2.45, 2.75) is 235 Å². The van der Waals surface area contributed by atoms with Crippen LogP contribution in [-0.2, 0) is 111 Å². The quantitative estimate of drug-likeness (QED) is 0.0853. The molecule has 1 aliphatic rings. The van der Waals surface area contributed by atoms with E-state index in [0.717, 1.165) is 135 Å². The summed E-state index contributed by atoms with van der Waals surface area (Å²) in [5.41, 5.74) is 25.2. The molecule has 0 unspecified atom stereocenters. The minimum absolute atomic E-state index is 0.276. The molecule has 12 bridgehead atoms. The summed E-state index contributed by atoms with van der Waals surface area (Å²) in [5, 5.41) is 0. The van der Waals surface area contributed by atoms with Gasteiger partial charge in [0.1, 0.15) is 74.1 Å². The van der Waals surface area contributed by atoms with E-state index in [0.29, 0.717) is 78.2 Å². The third-order valence-corrected chi connectivity index (χ3v) is 22.3. The van der Waals surface area contributed by atoms with Crippen molar-refractivity contribution in [2.24, 2.45) is 0 Å². The van der Waals surface area contributed by atoms with Crippen molar-refractivity contribution in [1.29, 1.82) is 0 Å². The number of rotatable bonds is 18. The van der Waals surface area contributed by atoms with Gasteiger partial charge in [0.05, 0.1) is 0 Å². The van der Waals surface area contributed by atoms with Crippen LogP contribution in [0.5, 0.6) is 34.5 Å². The number of ether oxygens (including phenoxy) is 6. The van der Waals surface area contributed by atoms with Crippen LogP contribution < -0.4 is 28.4 Å². The normalized spacial score (nSPS) is 13.0. The molecule has 1 aliphatic carbocycles. The van der Waals surface area contributed by atoms with E-state index < -0.39 is 0 Å². The summed E-state index contributed by atoms with van der Waals surface area (Å²) in [5.74, 6) is 5.16. The lowest BCUT2D eigenvalue weighted by molar-refractivity contribution is 0.293. The third kappa shape index (κ3) is 20.5. The molecule has 0 saturated carbocycles. The predicted octanol–water partition coefficient (Wildman–Crippen LogP) is 26.8. The summed E-state index contributed by atoms with van der Waals surface area (Å²) in [6.45, 7) is 44.3. The first-order chi connectivity index (χ1) is 54.2. The molecule has 588 valence electrons. The molecule has 12 aromatic rings. The van der Waals surface area contributed by atoms with Crippen LogP contribution in [0.1, 0.15) is 258 Å². The summed E-state index contributed by atoms with van der Waals surface area (Å²) in [4.78, 5) is 0. The molecular weight excluding hydrogens is 1390 g/mol. The molecule has 0 fully saturated rings. The third-order valence-electron chi connectivity index (χ3n) is 22.3. The molecule has 0 atom stereocenters. The summed E-state index contributed by atoms with van der Waals surface area (Å²) in [7, 11) is 0. The van der Waals surface area contributed by atoms with Crippen LogP contribution in [-0.4, -0.2) is 0 Å². The highest BCUT2D eigenvalue weighted by Crippen LogP contribution is 2.48. The van der Waals surface area contributed by atoms with Crippen molar-refractivity contribution in [2.75, 3.05) is 0 Å². The number of hydrogen-bond acceptors (Lipinski definition) is 6. The highest BCUT2D eigenvalue weighted by Gasteiger charge is 2.32. The Morgan fingerprint density at radius 3 is 0.368 bits per heavy atom. The fourth-order valence-electron chi connectivity index (χ4n) is 15.4. The molecular formula is C108H120O6. The van der Waals surface area contributed by atoms with Crippen LogP contribution in [0.3, 0.4) is 0 Å². The summed E-state index contributed by atoms with van der Waals surface area (Å²) in [6, 6.07) is 93.0. The van der Waals surface area contributed by atoms with Crippen LogP contribution >= 0.6 is 0 Å². The molecule has 6 nitrogen and oxygen atoms in total. The standard InChI is InChI=1S/C108H120O6/c1-103(2,3)91-55-79-49-81-57-92(104(4,5)6)59-83(98(81)110-68-74-39-27-20-28-40-74)51-85-61-94(106(10,11)12)63-87(100(85)112-70-76-43-31-22-32-44-76)53-89-65-96(108(16,17)18)66-90(102(89)114-72-78-47-35-24-36-48-78)54-88-64-95(107(13,14)15)62-86(101(88)113-71-77-45-33-23-34-46-77)52-84-60-93(105(7,8)9)58-82(99(84)111-69-75-41-29-21-30-42-75)50-80(56-91)97(79)109-67-73-37-25-19-26-38-73/h19-48,55-66H,49-54,67-72H2,1-18H3. The molecule has 0 saturated heterocycles. The maximum absolute atomic E-state index is 7.63. The van der Waals surface area contributed by atoms with Gasteiger partial charge in [-0.05, 0) is 166 Å².